The smallest absolute Gasteiger partial charge is 0.343 e. The van der Waals surface area contributed by atoms with Crippen LogP contribution in [0.5, 0.6) is 0 Å². The van der Waals surface area contributed by atoms with Crippen LogP contribution in [0.1, 0.15) is 25.8 Å². The van der Waals surface area contributed by atoms with Crippen LogP contribution < -0.4 is 0 Å². The summed E-state index contributed by atoms with van der Waals surface area (Å²) in [5.74, 6) is 0. The Morgan fingerprint density at radius 3 is 2.42 bits per heavy atom. The Bertz CT molecular complexity index is 769. The van der Waals surface area contributed by atoms with E-state index in [1.165, 1.54) is 0 Å². The molecular weight excluding hydrogens is 347 g/mol. The molecule has 8 heteroatoms. The van der Waals surface area contributed by atoms with Crippen molar-refractivity contribution in [3.05, 3.63) is 42.9 Å². The minimum atomic E-state index is -3.97. The lowest BCUT2D eigenvalue weighted by Gasteiger charge is -2.41. The molecule has 2 aromatic rings. The van der Waals surface area contributed by atoms with Crippen molar-refractivity contribution in [3.63, 3.8) is 0 Å². The maximum absolute atomic E-state index is 14.3. The van der Waals surface area contributed by atoms with Crippen molar-refractivity contribution in [1.29, 1.82) is 0 Å². The molecule has 1 atom stereocenters. The number of imidazole rings is 1. The zero-order chi connectivity index (χ0) is 18.9. The molecule has 0 amide bonds. The zero-order valence-corrected chi connectivity index (χ0v) is 14.3. The van der Waals surface area contributed by atoms with E-state index in [1.54, 1.807) is 12.5 Å². The van der Waals surface area contributed by atoms with Crippen molar-refractivity contribution < 1.29 is 23.1 Å². The zero-order valence-electron chi connectivity index (χ0n) is 14.3. The fourth-order valence-electron chi connectivity index (χ4n) is 3.28. The van der Waals surface area contributed by atoms with Crippen LogP contribution in [0.25, 0.3) is 11.3 Å². The summed E-state index contributed by atoms with van der Waals surface area (Å²) in [6.07, 6.45) is 4.12. The fraction of sp³-hybridized carbons (Fsp3) is 0.444. The molecule has 0 spiro atoms. The molecule has 1 aliphatic heterocycles. The summed E-state index contributed by atoms with van der Waals surface area (Å²) in [5, 5.41) is 9.58. The standard InChI is InChI=1S/C18H20F3N3O2/c1-17(26,16(19)25)18(20,21)23-9-7-14(8-10-23)24-12-22-11-15(24)13-5-3-2-4-6-13/h2-6,11-12,14,26H,7-10H2,1H3. The van der Waals surface area contributed by atoms with E-state index in [0.29, 0.717) is 24.7 Å². The number of benzene rings is 1. The molecule has 26 heavy (non-hydrogen) atoms. The average molecular weight is 367 g/mol. The molecule has 2 heterocycles. The number of aromatic nitrogens is 2. The van der Waals surface area contributed by atoms with Crippen LogP contribution in [0.3, 0.4) is 0 Å². The summed E-state index contributed by atoms with van der Waals surface area (Å²) in [6.45, 7) is 0.353. The molecule has 1 fully saturated rings. The van der Waals surface area contributed by atoms with Gasteiger partial charge in [0.25, 0.3) is 0 Å². The van der Waals surface area contributed by atoms with Crippen LogP contribution in [-0.4, -0.2) is 50.3 Å². The summed E-state index contributed by atoms with van der Waals surface area (Å²) in [6, 6.07) is 3.15. The lowest BCUT2D eigenvalue weighted by Crippen LogP contribution is -2.62. The highest BCUT2D eigenvalue weighted by Crippen LogP contribution is 2.38. The van der Waals surface area contributed by atoms with Gasteiger partial charge in [0.05, 0.1) is 18.2 Å². The minimum absolute atomic E-state index is 0.0502. The normalized spacial score (nSPS) is 19.3. The summed E-state index contributed by atoms with van der Waals surface area (Å²) in [7, 11) is 0. The summed E-state index contributed by atoms with van der Waals surface area (Å²) in [4.78, 5) is 15.6. The van der Waals surface area contributed by atoms with Crippen LogP contribution >= 0.6 is 0 Å². The predicted octanol–water partition coefficient (Wildman–Crippen LogP) is 3.03. The Morgan fingerprint density at radius 1 is 1.23 bits per heavy atom. The highest BCUT2D eigenvalue weighted by Gasteiger charge is 2.59. The number of halogens is 3. The molecule has 1 N–H and O–H groups in total. The van der Waals surface area contributed by atoms with Gasteiger partial charge in [-0.1, -0.05) is 30.3 Å². The molecule has 1 aromatic carbocycles. The molecule has 1 unspecified atom stereocenters. The van der Waals surface area contributed by atoms with Gasteiger partial charge in [-0.25, -0.2) is 9.88 Å². The molecule has 140 valence electrons. The van der Waals surface area contributed by atoms with Gasteiger partial charge in [0.1, 0.15) is 0 Å². The van der Waals surface area contributed by atoms with Gasteiger partial charge in [0.2, 0.25) is 5.60 Å². The Kier molecular flexibility index (Phi) is 4.90. The number of rotatable bonds is 5. The second-order valence-electron chi connectivity index (χ2n) is 6.66. The van der Waals surface area contributed by atoms with Gasteiger partial charge in [-0.05, 0) is 25.3 Å². The molecule has 1 aromatic heterocycles. The highest BCUT2D eigenvalue weighted by molar-refractivity contribution is 5.78. The summed E-state index contributed by atoms with van der Waals surface area (Å²) < 4.78 is 43.5. The number of aliphatic hydroxyl groups is 1. The number of hydrogen-bond donors (Lipinski definition) is 1. The third kappa shape index (κ3) is 3.14. The third-order valence-electron chi connectivity index (χ3n) is 4.96. The first-order valence-electron chi connectivity index (χ1n) is 8.37. The Labute approximate surface area is 149 Å². The van der Waals surface area contributed by atoms with Gasteiger partial charge in [-0.15, -0.1) is 0 Å². The first-order valence-corrected chi connectivity index (χ1v) is 8.37. The molecule has 0 bridgehead atoms. The molecule has 1 aliphatic rings. The highest BCUT2D eigenvalue weighted by atomic mass is 19.3. The number of carbonyl (C=O) groups excluding carboxylic acids is 1. The first-order chi connectivity index (χ1) is 12.2. The maximum Gasteiger partial charge on any atom is 0.343 e. The molecule has 1 saturated heterocycles. The number of alkyl halides is 2. The van der Waals surface area contributed by atoms with Crippen molar-refractivity contribution in [2.75, 3.05) is 13.1 Å². The van der Waals surface area contributed by atoms with E-state index in [4.69, 9.17) is 0 Å². The van der Waals surface area contributed by atoms with Crippen LogP contribution in [0, 0.1) is 0 Å². The van der Waals surface area contributed by atoms with E-state index in [9.17, 15) is 23.1 Å². The number of carbonyl (C=O) groups is 1. The van der Waals surface area contributed by atoms with Crippen molar-refractivity contribution >= 4 is 6.04 Å². The molecular formula is C18H20F3N3O2. The Balaban J connectivity index is 1.74. The van der Waals surface area contributed by atoms with Crippen molar-refractivity contribution in [2.24, 2.45) is 0 Å². The van der Waals surface area contributed by atoms with Crippen LogP contribution in [0.15, 0.2) is 42.9 Å². The number of piperidine rings is 1. The quantitative estimate of drug-likeness (QED) is 0.652. The minimum Gasteiger partial charge on any atom is -0.373 e. The maximum atomic E-state index is 14.3. The SMILES string of the molecule is CC(O)(C(=O)F)C(F)(F)N1CCC(n2cncc2-c2ccccc2)CC1. The van der Waals surface area contributed by atoms with Gasteiger partial charge >= 0.3 is 12.1 Å². The van der Waals surface area contributed by atoms with Gasteiger partial charge in [-0.2, -0.15) is 13.2 Å². The number of nitrogens with zero attached hydrogens (tertiary/aromatic N) is 3. The summed E-state index contributed by atoms with van der Waals surface area (Å²) in [5.41, 5.74) is -1.49. The van der Waals surface area contributed by atoms with E-state index >= 15 is 0 Å². The molecule has 3 rings (SSSR count). The first kappa shape index (κ1) is 18.6. The predicted molar refractivity (Wildman–Crippen MR) is 89.2 cm³/mol. The lowest BCUT2D eigenvalue weighted by atomic mass is 9.98. The van der Waals surface area contributed by atoms with Crippen LogP contribution in [0.2, 0.25) is 0 Å². The van der Waals surface area contributed by atoms with E-state index in [2.05, 4.69) is 4.98 Å². The van der Waals surface area contributed by atoms with Gasteiger partial charge in [0.15, 0.2) is 0 Å². The second kappa shape index (κ2) is 6.85. The average Bonchev–Trinajstić information content (AvgIpc) is 3.12. The Morgan fingerprint density at radius 2 is 1.85 bits per heavy atom. The lowest BCUT2D eigenvalue weighted by molar-refractivity contribution is -0.258. The van der Waals surface area contributed by atoms with E-state index < -0.39 is 17.7 Å². The van der Waals surface area contributed by atoms with Crippen molar-refractivity contribution in [3.8, 4) is 11.3 Å². The van der Waals surface area contributed by atoms with Crippen LogP contribution in [0.4, 0.5) is 13.2 Å². The van der Waals surface area contributed by atoms with Crippen molar-refractivity contribution in [2.45, 2.75) is 37.5 Å². The molecule has 0 saturated carbocycles. The van der Waals surface area contributed by atoms with E-state index in [1.807, 2.05) is 34.9 Å². The number of likely N-dealkylation sites (tertiary alicyclic amines) is 1. The van der Waals surface area contributed by atoms with Gasteiger partial charge < -0.3 is 9.67 Å². The Hall–Kier alpha value is -2.19. The van der Waals surface area contributed by atoms with Gasteiger partial charge in [0, 0.05) is 19.1 Å². The second-order valence-corrected chi connectivity index (χ2v) is 6.66. The molecule has 0 radical (unpaired) electrons. The fourth-order valence-corrected chi connectivity index (χ4v) is 3.28. The van der Waals surface area contributed by atoms with Gasteiger partial charge in [-0.3, -0.25) is 4.79 Å². The largest absolute Gasteiger partial charge is 0.373 e. The number of hydrogen-bond acceptors (Lipinski definition) is 4. The van der Waals surface area contributed by atoms with Crippen LogP contribution in [-0.2, 0) is 4.79 Å². The third-order valence-corrected chi connectivity index (χ3v) is 4.96. The van der Waals surface area contributed by atoms with E-state index in [0.717, 1.165) is 11.3 Å². The van der Waals surface area contributed by atoms with E-state index in [-0.39, 0.29) is 19.1 Å². The topological polar surface area (TPSA) is 58.4 Å². The molecule has 5 nitrogen and oxygen atoms in total. The molecule has 0 aliphatic carbocycles. The van der Waals surface area contributed by atoms with Crippen molar-refractivity contribution in [1.82, 2.24) is 14.5 Å². The summed E-state index contributed by atoms with van der Waals surface area (Å²) >= 11 is 0. The monoisotopic (exact) mass is 367 g/mol.